The maximum Gasteiger partial charge on any atom is 0.306 e. The molecule has 1 saturated heterocycles. The van der Waals surface area contributed by atoms with Gasteiger partial charge in [0.1, 0.15) is 0 Å². The number of aromatic nitrogens is 3. The summed E-state index contributed by atoms with van der Waals surface area (Å²) in [5.74, 6) is -1.42. The molecule has 2 aliphatic rings. The van der Waals surface area contributed by atoms with Gasteiger partial charge in [-0.25, -0.2) is 4.68 Å². The lowest BCUT2D eigenvalue weighted by molar-refractivity contribution is -0.141. The molecule has 0 spiro atoms. The summed E-state index contributed by atoms with van der Waals surface area (Å²) in [5, 5.41) is 22.7. The van der Waals surface area contributed by atoms with Gasteiger partial charge in [0.05, 0.1) is 18.2 Å². The SMILES string of the molecule is O=C(NC1CCC(C(=O)O)C1)c1cn(C2CNC2)nn1. The number of nitrogens with one attached hydrogen (secondary N) is 2. The van der Waals surface area contributed by atoms with Crippen LogP contribution in [-0.2, 0) is 4.79 Å². The van der Waals surface area contributed by atoms with Crippen molar-refractivity contribution < 1.29 is 14.7 Å². The topological polar surface area (TPSA) is 109 Å². The highest BCUT2D eigenvalue weighted by Crippen LogP contribution is 2.25. The molecule has 20 heavy (non-hydrogen) atoms. The molecular weight excluding hydrogens is 262 g/mol. The summed E-state index contributed by atoms with van der Waals surface area (Å²) in [6.45, 7) is 1.68. The molecule has 1 amide bonds. The van der Waals surface area contributed by atoms with E-state index in [4.69, 9.17) is 5.11 Å². The number of nitrogens with zero attached hydrogens (tertiary/aromatic N) is 3. The Balaban J connectivity index is 1.56. The van der Waals surface area contributed by atoms with Crippen LogP contribution in [0.15, 0.2) is 6.20 Å². The first-order valence-corrected chi connectivity index (χ1v) is 6.79. The van der Waals surface area contributed by atoms with Crippen LogP contribution in [0.1, 0.15) is 35.8 Å². The third kappa shape index (κ3) is 2.51. The normalized spacial score (nSPS) is 26.2. The Bertz CT molecular complexity index is 525. The van der Waals surface area contributed by atoms with Crippen LogP contribution >= 0.6 is 0 Å². The summed E-state index contributed by atoms with van der Waals surface area (Å²) in [4.78, 5) is 22.9. The number of carbonyl (C=O) groups is 2. The number of carboxylic acids is 1. The molecule has 0 bridgehead atoms. The Morgan fingerprint density at radius 3 is 2.80 bits per heavy atom. The van der Waals surface area contributed by atoms with Crippen LogP contribution < -0.4 is 10.6 Å². The molecule has 108 valence electrons. The lowest BCUT2D eigenvalue weighted by Gasteiger charge is -2.26. The average Bonchev–Trinajstić information content (AvgIpc) is 2.95. The highest BCUT2D eigenvalue weighted by molar-refractivity contribution is 5.92. The minimum absolute atomic E-state index is 0.0841. The van der Waals surface area contributed by atoms with E-state index < -0.39 is 5.97 Å². The van der Waals surface area contributed by atoms with Crippen LogP contribution in [0, 0.1) is 5.92 Å². The van der Waals surface area contributed by atoms with Gasteiger partial charge < -0.3 is 15.7 Å². The lowest BCUT2D eigenvalue weighted by Crippen LogP contribution is -2.43. The fraction of sp³-hybridized carbons (Fsp3) is 0.667. The second-order valence-corrected chi connectivity index (χ2v) is 5.41. The zero-order chi connectivity index (χ0) is 14.1. The molecule has 1 aromatic rings. The summed E-state index contributed by atoms with van der Waals surface area (Å²) in [6.07, 6.45) is 3.44. The van der Waals surface area contributed by atoms with Crippen molar-refractivity contribution in [3.8, 4) is 0 Å². The smallest absolute Gasteiger partial charge is 0.306 e. The molecule has 0 radical (unpaired) electrons. The van der Waals surface area contributed by atoms with Crippen molar-refractivity contribution in [3.63, 3.8) is 0 Å². The minimum Gasteiger partial charge on any atom is -0.481 e. The Morgan fingerprint density at radius 1 is 1.40 bits per heavy atom. The molecule has 1 saturated carbocycles. The molecule has 1 aromatic heterocycles. The molecule has 2 atom stereocenters. The Labute approximate surface area is 115 Å². The highest BCUT2D eigenvalue weighted by Gasteiger charge is 2.31. The number of carbonyl (C=O) groups excluding carboxylic acids is 1. The van der Waals surface area contributed by atoms with E-state index in [1.807, 2.05) is 0 Å². The van der Waals surface area contributed by atoms with Gasteiger partial charge in [0.2, 0.25) is 0 Å². The summed E-state index contributed by atoms with van der Waals surface area (Å²) >= 11 is 0. The summed E-state index contributed by atoms with van der Waals surface area (Å²) in [6, 6.07) is 0.186. The Kier molecular flexibility index (Phi) is 3.39. The lowest BCUT2D eigenvalue weighted by atomic mass is 10.1. The van der Waals surface area contributed by atoms with Crippen LogP contribution in [-0.4, -0.2) is 51.1 Å². The van der Waals surface area contributed by atoms with Crippen molar-refractivity contribution in [2.45, 2.75) is 31.3 Å². The van der Waals surface area contributed by atoms with Crippen molar-refractivity contribution in [1.82, 2.24) is 25.6 Å². The molecule has 8 heteroatoms. The molecule has 2 heterocycles. The average molecular weight is 279 g/mol. The van der Waals surface area contributed by atoms with Gasteiger partial charge in [0.25, 0.3) is 5.91 Å². The molecule has 3 rings (SSSR count). The molecule has 8 nitrogen and oxygen atoms in total. The molecular formula is C12H17N5O3. The van der Waals surface area contributed by atoms with E-state index in [1.54, 1.807) is 10.9 Å². The van der Waals surface area contributed by atoms with Crippen molar-refractivity contribution in [2.24, 2.45) is 5.92 Å². The monoisotopic (exact) mass is 279 g/mol. The zero-order valence-corrected chi connectivity index (χ0v) is 11.0. The molecule has 2 unspecified atom stereocenters. The van der Waals surface area contributed by atoms with Crippen molar-refractivity contribution in [3.05, 3.63) is 11.9 Å². The van der Waals surface area contributed by atoms with Crippen LogP contribution in [0.25, 0.3) is 0 Å². The largest absolute Gasteiger partial charge is 0.481 e. The van der Waals surface area contributed by atoms with E-state index in [0.717, 1.165) is 13.1 Å². The van der Waals surface area contributed by atoms with Gasteiger partial charge in [-0.1, -0.05) is 5.21 Å². The van der Waals surface area contributed by atoms with E-state index in [-0.39, 0.29) is 29.6 Å². The maximum atomic E-state index is 12.0. The third-order valence-corrected chi connectivity index (χ3v) is 3.99. The number of carboxylic acid groups (broad SMARTS) is 1. The van der Waals surface area contributed by atoms with Crippen LogP contribution in [0.4, 0.5) is 0 Å². The fourth-order valence-corrected chi connectivity index (χ4v) is 2.62. The predicted molar refractivity (Wildman–Crippen MR) is 68.2 cm³/mol. The van der Waals surface area contributed by atoms with Gasteiger partial charge in [-0.15, -0.1) is 5.10 Å². The number of hydrogen-bond donors (Lipinski definition) is 3. The first kappa shape index (κ1) is 13.0. The van der Waals surface area contributed by atoms with E-state index in [1.165, 1.54) is 0 Å². The van der Waals surface area contributed by atoms with Gasteiger partial charge in [-0.2, -0.15) is 0 Å². The van der Waals surface area contributed by atoms with Crippen molar-refractivity contribution in [1.29, 1.82) is 0 Å². The number of hydrogen-bond acceptors (Lipinski definition) is 5. The van der Waals surface area contributed by atoms with Gasteiger partial charge in [0, 0.05) is 19.1 Å². The van der Waals surface area contributed by atoms with Crippen molar-refractivity contribution >= 4 is 11.9 Å². The minimum atomic E-state index is -0.787. The molecule has 1 aliphatic carbocycles. The van der Waals surface area contributed by atoms with Crippen LogP contribution in [0.3, 0.4) is 0 Å². The van der Waals surface area contributed by atoms with Crippen LogP contribution in [0.5, 0.6) is 0 Å². The van der Waals surface area contributed by atoms with E-state index >= 15 is 0 Å². The van der Waals surface area contributed by atoms with Gasteiger partial charge in [-0.3, -0.25) is 9.59 Å². The van der Waals surface area contributed by atoms with Gasteiger partial charge >= 0.3 is 5.97 Å². The fourth-order valence-electron chi connectivity index (χ4n) is 2.62. The quantitative estimate of drug-likeness (QED) is 0.679. The first-order chi connectivity index (χ1) is 9.63. The van der Waals surface area contributed by atoms with E-state index in [0.29, 0.717) is 19.3 Å². The molecule has 2 fully saturated rings. The van der Waals surface area contributed by atoms with E-state index in [2.05, 4.69) is 20.9 Å². The number of rotatable bonds is 4. The predicted octanol–water partition coefficient (Wildman–Crippen LogP) is -0.594. The van der Waals surface area contributed by atoms with Crippen molar-refractivity contribution in [2.75, 3.05) is 13.1 Å². The second-order valence-electron chi connectivity index (χ2n) is 5.41. The Hall–Kier alpha value is -1.96. The van der Waals surface area contributed by atoms with Crippen LogP contribution in [0.2, 0.25) is 0 Å². The molecule has 0 aromatic carbocycles. The first-order valence-electron chi connectivity index (χ1n) is 6.79. The highest BCUT2D eigenvalue weighted by atomic mass is 16.4. The summed E-state index contributed by atoms with van der Waals surface area (Å²) < 4.78 is 1.69. The number of amides is 1. The van der Waals surface area contributed by atoms with E-state index in [9.17, 15) is 9.59 Å². The number of aliphatic carboxylic acids is 1. The third-order valence-electron chi connectivity index (χ3n) is 3.99. The Morgan fingerprint density at radius 2 is 2.20 bits per heavy atom. The second kappa shape index (κ2) is 5.20. The van der Waals surface area contributed by atoms with Gasteiger partial charge in [0.15, 0.2) is 5.69 Å². The molecule has 3 N–H and O–H groups in total. The molecule has 1 aliphatic heterocycles. The van der Waals surface area contributed by atoms with Gasteiger partial charge in [-0.05, 0) is 19.3 Å². The summed E-state index contributed by atoms with van der Waals surface area (Å²) in [5.41, 5.74) is 0.288. The summed E-state index contributed by atoms with van der Waals surface area (Å²) in [7, 11) is 0. The standard InChI is InChI=1S/C12H17N5O3/c18-11(14-8-2-1-7(3-8)12(19)20)10-6-17(16-15-10)9-4-13-5-9/h6-9,13H,1-5H2,(H,14,18)(H,19,20). The zero-order valence-electron chi connectivity index (χ0n) is 11.0. The maximum absolute atomic E-state index is 12.0.